The van der Waals surface area contributed by atoms with E-state index in [1.807, 2.05) is 19.3 Å². The van der Waals surface area contributed by atoms with Gasteiger partial charge in [-0.1, -0.05) is 6.92 Å². The quantitative estimate of drug-likeness (QED) is 0.848. The summed E-state index contributed by atoms with van der Waals surface area (Å²) < 4.78 is 0. The summed E-state index contributed by atoms with van der Waals surface area (Å²) in [5.74, 6) is 1.75. The highest BCUT2D eigenvalue weighted by molar-refractivity contribution is 5.45. The van der Waals surface area contributed by atoms with Gasteiger partial charge in [0.2, 0.25) is 5.95 Å². The van der Waals surface area contributed by atoms with Crippen molar-refractivity contribution in [3.63, 3.8) is 0 Å². The molecule has 1 aliphatic rings. The van der Waals surface area contributed by atoms with Crippen LogP contribution in [0.2, 0.25) is 0 Å². The van der Waals surface area contributed by atoms with Gasteiger partial charge < -0.3 is 10.2 Å². The predicted octanol–water partition coefficient (Wildman–Crippen LogP) is 2.29. The van der Waals surface area contributed by atoms with Gasteiger partial charge in [0.25, 0.3) is 0 Å². The van der Waals surface area contributed by atoms with E-state index in [0.29, 0.717) is 18.0 Å². The fourth-order valence-corrected chi connectivity index (χ4v) is 2.50. The molecule has 4 heteroatoms. The van der Waals surface area contributed by atoms with E-state index in [4.69, 9.17) is 0 Å². The number of anilines is 2. The largest absolute Gasteiger partial charge is 0.357 e. The van der Waals surface area contributed by atoms with Gasteiger partial charge in [-0.15, -0.1) is 0 Å². The Bertz CT molecular complexity index is 353. The minimum Gasteiger partial charge on any atom is -0.357 e. The summed E-state index contributed by atoms with van der Waals surface area (Å²) in [6.45, 7) is 4.52. The first-order valence-electron chi connectivity index (χ1n) is 6.05. The lowest BCUT2D eigenvalue weighted by atomic mass is 10.1. The summed E-state index contributed by atoms with van der Waals surface area (Å²) in [4.78, 5) is 11.1. The van der Waals surface area contributed by atoms with Crippen molar-refractivity contribution < 1.29 is 0 Å². The molecule has 0 amide bonds. The van der Waals surface area contributed by atoms with Crippen molar-refractivity contribution in [2.24, 2.45) is 0 Å². The van der Waals surface area contributed by atoms with Gasteiger partial charge in [-0.05, 0) is 32.3 Å². The van der Waals surface area contributed by atoms with Gasteiger partial charge in [0, 0.05) is 25.3 Å². The third kappa shape index (κ3) is 1.96. The van der Waals surface area contributed by atoms with Gasteiger partial charge >= 0.3 is 0 Å². The lowest BCUT2D eigenvalue weighted by Gasteiger charge is -2.29. The number of hydrogen-bond donors (Lipinski definition) is 1. The van der Waals surface area contributed by atoms with Crippen molar-refractivity contribution in [1.29, 1.82) is 0 Å². The van der Waals surface area contributed by atoms with Crippen LogP contribution < -0.4 is 10.2 Å². The molecule has 16 heavy (non-hydrogen) atoms. The van der Waals surface area contributed by atoms with Gasteiger partial charge in [0.15, 0.2) is 0 Å². The average Bonchev–Trinajstić information content (AvgIpc) is 2.70. The Labute approximate surface area is 97.1 Å². The maximum atomic E-state index is 4.53. The van der Waals surface area contributed by atoms with Gasteiger partial charge in [-0.25, -0.2) is 4.98 Å². The van der Waals surface area contributed by atoms with Gasteiger partial charge in [-0.2, -0.15) is 4.98 Å². The second-order valence-electron chi connectivity index (χ2n) is 4.38. The summed E-state index contributed by atoms with van der Waals surface area (Å²) in [5, 5.41) is 2.99. The van der Waals surface area contributed by atoms with Crippen LogP contribution in [0.4, 0.5) is 11.8 Å². The highest BCUT2D eigenvalue weighted by Gasteiger charge is 2.30. The normalized spacial score (nSPS) is 24.8. The molecule has 88 valence electrons. The minimum absolute atomic E-state index is 0.588. The first kappa shape index (κ1) is 11.2. The molecule has 0 bridgehead atoms. The number of aromatic nitrogens is 2. The summed E-state index contributed by atoms with van der Waals surface area (Å²) >= 11 is 0. The highest BCUT2D eigenvalue weighted by atomic mass is 15.3. The summed E-state index contributed by atoms with van der Waals surface area (Å²) in [5.41, 5.74) is 0. The van der Waals surface area contributed by atoms with E-state index in [1.165, 1.54) is 19.3 Å². The third-order valence-corrected chi connectivity index (χ3v) is 3.39. The molecular weight excluding hydrogens is 200 g/mol. The molecule has 1 aromatic heterocycles. The zero-order chi connectivity index (χ0) is 11.5. The summed E-state index contributed by atoms with van der Waals surface area (Å²) in [6.07, 6.45) is 5.54. The Kier molecular flexibility index (Phi) is 3.27. The zero-order valence-corrected chi connectivity index (χ0v) is 10.3. The molecule has 0 aromatic carbocycles. The van der Waals surface area contributed by atoms with E-state index in [-0.39, 0.29) is 0 Å². The lowest BCUT2D eigenvalue weighted by molar-refractivity contribution is 0.621. The van der Waals surface area contributed by atoms with Crippen LogP contribution in [0.15, 0.2) is 12.3 Å². The molecule has 1 saturated heterocycles. The van der Waals surface area contributed by atoms with Gasteiger partial charge in [0.05, 0.1) is 0 Å². The monoisotopic (exact) mass is 220 g/mol. The van der Waals surface area contributed by atoms with Crippen molar-refractivity contribution >= 4 is 11.8 Å². The predicted molar refractivity (Wildman–Crippen MR) is 66.8 cm³/mol. The molecule has 1 aliphatic heterocycles. The maximum absolute atomic E-state index is 4.53. The van der Waals surface area contributed by atoms with E-state index in [9.17, 15) is 0 Å². The molecule has 0 aliphatic carbocycles. The Morgan fingerprint density at radius 3 is 3.00 bits per heavy atom. The first-order valence-corrected chi connectivity index (χ1v) is 6.05. The third-order valence-electron chi connectivity index (χ3n) is 3.39. The zero-order valence-electron chi connectivity index (χ0n) is 10.3. The molecule has 0 radical (unpaired) electrons. The Hall–Kier alpha value is -1.32. The fourth-order valence-electron chi connectivity index (χ4n) is 2.50. The van der Waals surface area contributed by atoms with Crippen LogP contribution in [-0.4, -0.2) is 29.1 Å². The number of nitrogens with one attached hydrogen (secondary N) is 1. The van der Waals surface area contributed by atoms with Gasteiger partial charge in [0.1, 0.15) is 5.82 Å². The number of rotatable bonds is 3. The van der Waals surface area contributed by atoms with Crippen LogP contribution in [0.3, 0.4) is 0 Å². The highest BCUT2D eigenvalue weighted by Crippen LogP contribution is 2.30. The van der Waals surface area contributed by atoms with Crippen molar-refractivity contribution in [2.75, 3.05) is 17.3 Å². The maximum Gasteiger partial charge on any atom is 0.224 e. The number of nitrogens with zero attached hydrogens (tertiary/aromatic N) is 3. The molecule has 1 fully saturated rings. The van der Waals surface area contributed by atoms with Crippen molar-refractivity contribution in [1.82, 2.24) is 9.97 Å². The second-order valence-corrected chi connectivity index (χ2v) is 4.38. The SMILES string of the molecule is CCC1CCC(C)N1c1ccnc(NC)n1. The van der Waals surface area contributed by atoms with Crippen molar-refractivity contribution in [3.05, 3.63) is 12.3 Å². The van der Waals surface area contributed by atoms with E-state index in [2.05, 4.69) is 34.0 Å². The van der Waals surface area contributed by atoms with E-state index in [0.717, 1.165) is 5.82 Å². The van der Waals surface area contributed by atoms with Crippen LogP contribution in [0, 0.1) is 0 Å². The Morgan fingerprint density at radius 1 is 1.50 bits per heavy atom. The van der Waals surface area contributed by atoms with Crippen LogP contribution in [0.5, 0.6) is 0 Å². The van der Waals surface area contributed by atoms with E-state index in [1.54, 1.807) is 0 Å². The Morgan fingerprint density at radius 2 is 2.31 bits per heavy atom. The molecule has 0 spiro atoms. The lowest BCUT2D eigenvalue weighted by Crippen LogP contribution is -2.34. The second kappa shape index (κ2) is 4.68. The molecule has 2 atom stereocenters. The van der Waals surface area contributed by atoms with E-state index < -0.39 is 0 Å². The standard InChI is InChI=1S/C12H20N4/c1-4-10-6-5-9(2)16(10)11-7-8-14-12(13-3)15-11/h7-10H,4-6H2,1-3H3,(H,13,14,15). The molecule has 4 nitrogen and oxygen atoms in total. The van der Waals surface area contributed by atoms with Gasteiger partial charge in [-0.3, -0.25) is 0 Å². The fraction of sp³-hybridized carbons (Fsp3) is 0.667. The molecule has 1 aromatic rings. The van der Waals surface area contributed by atoms with Crippen LogP contribution in [-0.2, 0) is 0 Å². The molecule has 1 N–H and O–H groups in total. The van der Waals surface area contributed by atoms with E-state index >= 15 is 0 Å². The first-order chi connectivity index (χ1) is 7.76. The summed E-state index contributed by atoms with van der Waals surface area (Å²) in [7, 11) is 1.85. The van der Waals surface area contributed by atoms with Crippen LogP contribution in [0.25, 0.3) is 0 Å². The van der Waals surface area contributed by atoms with Crippen LogP contribution in [0.1, 0.15) is 33.1 Å². The molecular formula is C12H20N4. The molecule has 0 saturated carbocycles. The molecule has 2 heterocycles. The van der Waals surface area contributed by atoms with Crippen molar-refractivity contribution in [3.8, 4) is 0 Å². The topological polar surface area (TPSA) is 41.1 Å². The van der Waals surface area contributed by atoms with Crippen molar-refractivity contribution in [2.45, 2.75) is 45.2 Å². The molecule has 2 unspecified atom stereocenters. The molecule has 2 rings (SSSR count). The smallest absolute Gasteiger partial charge is 0.224 e. The Balaban J connectivity index is 2.27. The van der Waals surface area contributed by atoms with Crippen LogP contribution >= 0.6 is 0 Å². The summed E-state index contributed by atoms with van der Waals surface area (Å²) in [6, 6.07) is 3.23. The average molecular weight is 220 g/mol. The minimum atomic E-state index is 0.588. The number of hydrogen-bond acceptors (Lipinski definition) is 4.